The van der Waals surface area contributed by atoms with Crippen LogP contribution in [0.1, 0.15) is 21.5 Å². The van der Waals surface area contributed by atoms with Gasteiger partial charge in [0.1, 0.15) is 5.75 Å². The topological polar surface area (TPSA) is 51.2 Å². The molecule has 0 saturated heterocycles. The van der Waals surface area contributed by atoms with Crippen LogP contribution in [0.15, 0.2) is 73.1 Å². The van der Waals surface area contributed by atoms with Crippen LogP contribution < -0.4 is 10.1 Å². The van der Waals surface area contributed by atoms with Crippen molar-refractivity contribution in [3.05, 3.63) is 89.7 Å². The number of anilines is 1. The Morgan fingerprint density at radius 2 is 1.93 bits per heavy atom. The number of ether oxygens (including phenoxy) is 1. The normalized spacial score (nSPS) is 12.4. The Hall–Kier alpha value is -3.66. The molecule has 142 valence electrons. The van der Waals surface area contributed by atoms with Crippen molar-refractivity contribution in [2.75, 3.05) is 11.9 Å². The minimum Gasteiger partial charge on any atom is -0.493 e. The smallest absolute Gasteiger partial charge is 0.255 e. The fourth-order valence-electron chi connectivity index (χ4n) is 3.79. The number of aromatic nitrogens is 1. The number of amides is 1. The van der Waals surface area contributed by atoms with E-state index < -0.39 is 0 Å². The maximum Gasteiger partial charge on any atom is 0.255 e. The van der Waals surface area contributed by atoms with E-state index in [1.807, 2.05) is 48.7 Å². The second kappa shape index (κ2) is 7.06. The quantitative estimate of drug-likeness (QED) is 0.518. The Kier molecular flexibility index (Phi) is 4.24. The third-order valence-corrected chi connectivity index (χ3v) is 5.40. The van der Waals surface area contributed by atoms with Crippen LogP contribution in [0.5, 0.6) is 5.75 Å². The van der Waals surface area contributed by atoms with Crippen molar-refractivity contribution in [2.24, 2.45) is 0 Å². The largest absolute Gasteiger partial charge is 0.493 e. The zero-order valence-corrected chi connectivity index (χ0v) is 16.1. The fraction of sp³-hybridized carbons (Fsp3) is 0.120. The van der Waals surface area contributed by atoms with Gasteiger partial charge in [0.2, 0.25) is 0 Å². The third kappa shape index (κ3) is 3.34. The molecule has 1 amide bonds. The maximum absolute atomic E-state index is 12.8. The highest BCUT2D eigenvalue weighted by molar-refractivity contribution is 6.05. The van der Waals surface area contributed by atoms with Gasteiger partial charge in [-0.3, -0.25) is 9.78 Å². The molecule has 1 aromatic heterocycles. The van der Waals surface area contributed by atoms with Gasteiger partial charge in [-0.1, -0.05) is 18.2 Å². The molecular formula is C25H20N2O2. The average molecular weight is 380 g/mol. The van der Waals surface area contributed by atoms with Gasteiger partial charge in [-0.15, -0.1) is 0 Å². The van der Waals surface area contributed by atoms with Crippen molar-refractivity contribution in [3.63, 3.8) is 0 Å². The highest BCUT2D eigenvalue weighted by atomic mass is 16.5. The van der Waals surface area contributed by atoms with Crippen molar-refractivity contribution < 1.29 is 9.53 Å². The van der Waals surface area contributed by atoms with Gasteiger partial charge < -0.3 is 10.1 Å². The first-order valence-electron chi connectivity index (χ1n) is 9.69. The summed E-state index contributed by atoms with van der Waals surface area (Å²) in [5.74, 6) is 0.766. The van der Waals surface area contributed by atoms with E-state index in [2.05, 4.69) is 35.4 Å². The summed E-state index contributed by atoms with van der Waals surface area (Å²) in [6.07, 6.45) is 4.52. The second-order valence-electron chi connectivity index (χ2n) is 7.34. The number of rotatable bonds is 3. The van der Waals surface area contributed by atoms with Crippen LogP contribution in [0.4, 0.5) is 5.69 Å². The van der Waals surface area contributed by atoms with E-state index in [0.717, 1.165) is 50.9 Å². The van der Waals surface area contributed by atoms with Crippen molar-refractivity contribution in [2.45, 2.75) is 13.3 Å². The van der Waals surface area contributed by atoms with E-state index in [4.69, 9.17) is 4.74 Å². The summed E-state index contributed by atoms with van der Waals surface area (Å²) in [5, 5.41) is 5.29. The van der Waals surface area contributed by atoms with Crippen molar-refractivity contribution in [1.29, 1.82) is 0 Å². The molecule has 1 aliphatic heterocycles. The molecule has 4 nitrogen and oxygen atoms in total. The van der Waals surface area contributed by atoms with Crippen LogP contribution in [-0.2, 0) is 6.42 Å². The van der Waals surface area contributed by atoms with Crippen molar-refractivity contribution >= 4 is 22.4 Å². The average Bonchev–Trinajstić information content (AvgIpc) is 3.22. The molecule has 3 aromatic carbocycles. The number of nitrogens with one attached hydrogen (secondary N) is 1. The Morgan fingerprint density at radius 3 is 2.86 bits per heavy atom. The number of carbonyl (C=O) groups is 1. The molecule has 5 rings (SSSR count). The number of fused-ring (bicyclic) bond motifs is 2. The molecule has 0 saturated carbocycles. The van der Waals surface area contributed by atoms with Crippen molar-refractivity contribution in [3.8, 4) is 16.9 Å². The minimum atomic E-state index is -0.114. The second-order valence-corrected chi connectivity index (χ2v) is 7.34. The van der Waals surface area contributed by atoms with Gasteiger partial charge in [-0.05, 0) is 77.0 Å². The Bertz CT molecular complexity index is 1250. The molecule has 4 aromatic rings. The summed E-state index contributed by atoms with van der Waals surface area (Å²) in [4.78, 5) is 17.0. The van der Waals surface area contributed by atoms with Crippen LogP contribution in [0.3, 0.4) is 0 Å². The highest BCUT2D eigenvalue weighted by Gasteiger charge is 2.15. The van der Waals surface area contributed by atoms with E-state index in [0.29, 0.717) is 12.2 Å². The number of aryl methyl sites for hydroxylation is 1. The van der Waals surface area contributed by atoms with Crippen molar-refractivity contribution in [1.82, 2.24) is 4.98 Å². The monoisotopic (exact) mass is 380 g/mol. The molecule has 0 unspecified atom stereocenters. The molecule has 0 aliphatic carbocycles. The lowest BCUT2D eigenvalue weighted by Gasteiger charge is -2.12. The summed E-state index contributed by atoms with van der Waals surface area (Å²) >= 11 is 0. The minimum absolute atomic E-state index is 0.114. The lowest BCUT2D eigenvalue weighted by molar-refractivity contribution is 0.102. The number of carbonyl (C=O) groups excluding carboxylic acids is 1. The van der Waals surface area contributed by atoms with Gasteiger partial charge >= 0.3 is 0 Å². The molecule has 1 N–H and O–H groups in total. The van der Waals surface area contributed by atoms with Crippen LogP contribution in [0.25, 0.3) is 21.9 Å². The predicted octanol–water partition coefficient (Wildman–Crippen LogP) is 5.40. The summed E-state index contributed by atoms with van der Waals surface area (Å²) in [6, 6.07) is 20.0. The van der Waals surface area contributed by atoms with Gasteiger partial charge in [0.05, 0.1) is 6.61 Å². The fourth-order valence-corrected chi connectivity index (χ4v) is 3.79. The van der Waals surface area contributed by atoms with Crippen LogP contribution in [-0.4, -0.2) is 17.5 Å². The SMILES string of the molecule is Cc1ccc(NC(=O)c2ccc3c(c2)CCO3)cc1-c1ccc2ccncc2c1. The molecule has 0 atom stereocenters. The van der Waals surface area contributed by atoms with Crippen LogP contribution >= 0.6 is 0 Å². The van der Waals surface area contributed by atoms with E-state index in [9.17, 15) is 4.79 Å². The summed E-state index contributed by atoms with van der Waals surface area (Å²) < 4.78 is 5.52. The third-order valence-electron chi connectivity index (χ3n) is 5.40. The molecule has 4 heteroatoms. The number of pyridine rings is 1. The Labute approximate surface area is 169 Å². The van der Waals surface area contributed by atoms with E-state index in [1.165, 1.54) is 0 Å². The molecule has 0 radical (unpaired) electrons. The highest BCUT2D eigenvalue weighted by Crippen LogP contribution is 2.30. The Balaban J connectivity index is 1.45. The maximum atomic E-state index is 12.8. The number of hydrogen-bond acceptors (Lipinski definition) is 3. The van der Waals surface area contributed by atoms with Gasteiger partial charge in [0, 0.05) is 35.5 Å². The number of benzene rings is 3. The molecule has 0 bridgehead atoms. The first-order valence-corrected chi connectivity index (χ1v) is 9.69. The zero-order chi connectivity index (χ0) is 19.8. The van der Waals surface area contributed by atoms with Gasteiger partial charge in [0.25, 0.3) is 5.91 Å². The lowest BCUT2D eigenvalue weighted by Crippen LogP contribution is -2.12. The molecule has 29 heavy (non-hydrogen) atoms. The van der Waals surface area contributed by atoms with Gasteiger partial charge in [-0.2, -0.15) is 0 Å². The molecule has 0 spiro atoms. The summed E-state index contributed by atoms with van der Waals surface area (Å²) in [7, 11) is 0. The molecule has 0 fully saturated rings. The van der Waals surface area contributed by atoms with Crippen LogP contribution in [0, 0.1) is 6.92 Å². The van der Waals surface area contributed by atoms with Gasteiger partial charge in [0.15, 0.2) is 0 Å². The zero-order valence-electron chi connectivity index (χ0n) is 16.1. The van der Waals surface area contributed by atoms with E-state index in [-0.39, 0.29) is 5.91 Å². The standard InChI is InChI=1S/C25H20N2O2/c1-16-2-6-22(27-25(28)20-5-7-24-19(13-20)9-11-29-24)14-23(16)18-4-3-17-8-10-26-15-21(17)12-18/h2-8,10,12-15H,9,11H2,1H3,(H,27,28). The van der Waals surface area contributed by atoms with E-state index in [1.54, 1.807) is 6.20 Å². The van der Waals surface area contributed by atoms with Gasteiger partial charge in [-0.25, -0.2) is 0 Å². The molecular weight excluding hydrogens is 360 g/mol. The summed E-state index contributed by atoms with van der Waals surface area (Å²) in [5.41, 5.74) is 5.87. The molecule has 2 heterocycles. The number of hydrogen-bond donors (Lipinski definition) is 1. The Morgan fingerprint density at radius 1 is 1.00 bits per heavy atom. The van der Waals surface area contributed by atoms with Crippen LogP contribution in [0.2, 0.25) is 0 Å². The first-order chi connectivity index (χ1) is 14.2. The lowest BCUT2D eigenvalue weighted by atomic mass is 9.97. The van der Waals surface area contributed by atoms with E-state index >= 15 is 0 Å². The predicted molar refractivity (Wildman–Crippen MR) is 116 cm³/mol. The first kappa shape index (κ1) is 17.4. The number of nitrogens with zero attached hydrogens (tertiary/aromatic N) is 1. The summed E-state index contributed by atoms with van der Waals surface area (Å²) in [6.45, 7) is 2.76. The molecule has 1 aliphatic rings.